The molecule has 2 rings (SSSR count). The molecular weight excluding hydrogens is 218 g/mol. The van der Waals surface area contributed by atoms with Gasteiger partial charge >= 0.3 is 6.09 Å². The average Bonchev–Trinajstić information content (AvgIpc) is 2.60. The van der Waals surface area contributed by atoms with Crippen LogP contribution in [-0.4, -0.2) is 32.8 Å². The Labute approximate surface area is 101 Å². The number of ether oxygens (including phenoxy) is 1. The van der Waals surface area contributed by atoms with E-state index >= 15 is 0 Å². The maximum absolute atomic E-state index is 12.0. The van der Waals surface area contributed by atoms with Gasteiger partial charge in [0.2, 0.25) is 0 Å². The first-order chi connectivity index (χ1) is 7.87. The summed E-state index contributed by atoms with van der Waals surface area (Å²) >= 11 is 0. The van der Waals surface area contributed by atoms with E-state index in [1.54, 1.807) is 4.90 Å². The van der Waals surface area contributed by atoms with Gasteiger partial charge in [-0.2, -0.15) is 5.10 Å². The Morgan fingerprint density at radius 2 is 2.29 bits per heavy atom. The molecule has 5 nitrogen and oxygen atoms in total. The summed E-state index contributed by atoms with van der Waals surface area (Å²) < 4.78 is 5.40. The molecule has 1 amide bonds. The number of carbonyl (C=O) groups excluding carboxylic acids is 1. The molecule has 2 heterocycles. The first-order valence-electron chi connectivity index (χ1n) is 5.88. The quantitative estimate of drug-likeness (QED) is 0.751. The van der Waals surface area contributed by atoms with Crippen LogP contribution in [0, 0.1) is 0 Å². The summed E-state index contributed by atoms with van der Waals surface area (Å²) in [4.78, 5) is 13.8. The average molecular weight is 237 g/mol. The van der Waals surface area contributed by atoms with E-state index in [0.717, 1.165) is 17.7 Å². The van der Waals surface area contributed by atoms with E-state index in [9.17, 15) is 4.79 Å². The highest BCUT2D eigenvalue weighted by Crippen LogP contribution is 2.23. The predicted octanol–water partition coefficient (Wildman–Crippen LogP) is 2.09. The molecule has 94 valence electrons. The number of aromatic nitrogens is 2. The van der Waals surface area contributed by atoms with Crippen molar-refractivity contribution in [3.05, 3.63) is 17.5 Å². The Hall–Kier alpha value is -1.52. The first kappa shape index (κ1) is 12.0. The van der Waals surface area contributed by atoms with E-state index in [2.05, 4.69) is 10.2 Å². The number of nitrogens with zero attached hydrogens (tertiary/aromatic N) is 2. The van der Waals surface area contributed by atoms with Gasteiger partial charge in [-0.15, -0.1) is 0 Å². The van der Waals surface area contributed by atoms with Gasteiger partial charge in [0, 0.05) is 24.2 Å². The van der Waals surface area contributed by atoms with E-state index in [0.29, 0.717) is 6.54 Å². The molecule has 0 fully saturated rings. The summed E-state index contributed by atoms with van der Waals surface area (Å²) in [5.74, 6) is 0. The van der Waals surface area contributed by atoms with Crippen molar-refractivity contribution in [1.82, 2.24) is 15.1 Å². The van der Waals surface area contributed by atoms with Crippen LogP contribution in [0.1, 0.15) is 39.0 Å². The Morgan fingerprint density at radius 1 is 1.59 bits per heavy atom. The number of hydrogen-bond donors (Lipinski definition) is 1. The number of carbonyl (C=O) groups is 1. The summed E-state index contributed by atoms with van der Waals surface area (Å²) in [6, 6.07) is 0.126. The van der Waals surface area contributed by atoms with E-state index in [1.165, 1.54) is 0 Å². The zero-order valence-electron chi connectivity index (χ0n) is 10.8. The minimum Gasteiger partial charge on any atom is -0.444 e. The maximum atomic E-state index is 12.0. The molecule has 0 unspecified atom stereocenters. The van der Waals surface area contributed by atoms with E-state index in [1.807, 2.05) is 33.9 Å². The third kappa shape index (κ3) is 2.60. The van der Waals surface area contributed by atoms with Crippen molar-refractivity contribution >= 4 is 6.09 Å². The minimum absolute atomic E-state index is 0.126. The topological polar surface area (TPSA) is 58.2 Å². The molecule has 1 aliphatic heterocycles. The standard InChI is InChI=1S/C12H19N3O2/c1-8-5-10-9(6-13-14-10)7-15(8)11(16)17-12(2,3)4/h6,8H,5,7H2,1-4H3,(H,13,14)/t8-/m1/s1. The molecule has 1 N–H and O–H groups in total. The zero-order chi connectivity index (χ0) is 12.6. The maximum Gasteiger partial charge on any atom is 0.410 e. The largest absolute Gasteiger partial charge is 0.444 e. The molecule has 0 aromatic carbocycles. The van der Waals surface area contributed by atoms with Crippen LogP contribution in [0.2, 0.25) is 0 Å². The lowest BCUT2D eigenvalue weighted by atomic mass is 10.0. The lowest BCUT2D eigenvalue weighted by molar-refractivity contribution is 0.0137. The SMILES string of the molecule is C[C@@H]1Cc2n[nH]cc2CN1C(=O)OC(C)(C)C. The monoisotopic (exact) mass is 237 g/mol. The molecule has 0 spiro atoms. The van der Waals surface area contributed by atoms with Crippen LogP contribution in [-0.2, 0) is 17.7 Å². The lowest BCUT2D eigenvalue weighted by Gasteiger charge is -2.34. The molecule has 5 heteroatoms. The highest BCUT2D eigenvalue weighted by atomic mass is 16.6. The van der Waals surface area contributed by atoms with Gasteiger partial charge in [-0.3, -0.25) is 5.10 Å². The van der Waals surface area contributed by atoms with E-state index in [4.69, 9.17) is 4.74 Å². The fraction of sp³-hybridized carbons (Fsp3) is 0.667. The van der Waals surface area contributed by atoms with Crippen LogP contribution in [0.3, 0.4) is 0 Å². The predicted molar refractivity (Wildman–Crippen MR) is 63.5 cm³/mol. The van der Waals surface area contributed by atoms with Crippen molar-refractivity contribution in [2.75, 3.05) is 0 Å². The normalized spacial score (nSPS) is 20.0. The summed E-state index contributed by atoms with van der Waals surface area (Å²) in [6.07, 6.45) is 2.37. The number of nitrogens with one attached hydrogen (secondary N) is 1. The Kier molecular flexibility index (Phi) is 2.85. The molecular formula is C12H19N3O2. The van der Waals surface area contributed by atoms with Crippen LogP contribution in [0.15, 0.2) is 6.20 Å². The van der Waals surface area contributed by atoms with Crippen molar-refractivity contribution < 1.29 is 9.53 Å². The Bertz CT molecular complexity index is 420. The number of H-pyrrole nitrogens is 1. The third-order valence-corrected chi connectivity index (χ3v) is 2.80. The van der Waals surface area contributed by atoms with Crippen LogP contribution in [0.5, 0.6) is 0 Å². The van der Waals surface area contributed by atoms with Gasteiger partial charge in [0.15, 0.2) is 0 Å². The Morgan fingerprint density at radius 3 is 2.94 bits per heavy atom. The number of aromatic amines is 1. The minimum atomic E-state index is -0.451. The fourth-order valence-corrected chi connectivity index (χ4v) is 1.95. The second-order valence-corrected chi connectivity index (χ2v) is 5.52. The summed E-state index contributed by atoms with van der Waals surface area (Å²) in [7, 11) is 0. The highest BCUT2D eigenvalue weighted by molar-refractivity contribution is 5.69. The highest BCUT2D eigenvalue weighted by Gasteiger charge is 2.31. The van der Waals surface area contributed by atoms with Crippen molar-refractivity contribution in [2.24, 2.45) is 0 Å². The van der Waals surface area contributed by atoms with Gasteiger partial charge in [-0.05, 0) is 27.7 Å². The van der Waals surface area contributed by atoms with Crippen LogP contribution in [0.4, 0.5) is 4.79 Å². The molecule has 1 atom stereocenters. The molecule has 1 aromatic heterocycles. The van der Waals surface area contributed by atoms with Crippen molar-refractivity contribution in [2.45, 2.75) is 52.3 Å². The van der Waals surface area contributed by atoms with Gasteiger partial charge < -0.3 is 9.64 Å². The number of fused-ring (bicyclic) bond motifs is 1. The third-order valence-electron chi connectivity index (χ3n) is 2.80. The van der Waals surface area contributed by atoms with Gasteiger partial charge in [-0.1, -0.05) is 0 Å². The molecule has 1 aliphatic rings. The number of rotatable bonds is 0. The second-order valence-electron chi connectivity index (χ2n) is 5.52. The summed E-state index contributed by atoms with van der Waals surface area (Å²) in [6.45, 7) is 8.22. The summed E-state index contributed by atoms with van der Waals surface area (Å²) in [5, 5.41) is 7.01. The second kappa shape index (κ2) is 4.05. The first-order valence-corrected chi connectivity index (χ1v) is 5.88. The van der Waals surface area contributed by atoms with Crippen molar-refractivity contribution in [1.29, 1.82) is 0 Å². The smallest absolute Gasteiger partial charge is 0.410 e. The Balaban J connectivity index is 2.10. The summed E-state index contributed by atoms with van der Waals surface area (Å²) in [5.41, 5.74) is 1.68. The zero-order valence-corrected chi connectivity index (χ0v) is 10.8. The molecule has 17 heavy (non-hydrogen) atoms. The molecule has 0 radical (unpaired) electrons. The van der Waals surface area contributed by atoms with Crippen molar-refractivity contribution in [3.8, 4) is 0 Å². The van der Waals surface area contributed by atoms with Gasteiger partial charge in [0.25, 0.3) is 0 Å². The van der Waals surface area contributed by atoms with Crippen LogP contribution >= 0.6 is 0 Å². The van der Waals surface area contributed by atoms with E-state index < -0.39 is 5.60 Å². The van der Waals surface area contributed by atoms with Gasteiger partial charge in [-0.25, -0.2) is 4.79 Å². The van der Waals surface area contributed by atoms with Crippen molar-refractivity contribution in [3.63, 3.8) is 0 Å². The fourth-order valence-electron chi connectivity index (χ4n) is 1.95. The molecule has 1 aromatic rings. The molecule has 0 saturated carbocycles. The molecule has 0 aliphatic carbocycles. The van der Waals surface area contributed by atoms with Crippen LogP contribution in [0.25, 0.3) is 0 Å². The molecule has 0 saturated heterocycles. The lowest BCUT2D eigenvalue weighted by Crippen LogP contribution is -2.44. The molecule has 0 bridgehead atoms. The number of amides is 1. The van der Waals surface area contributed by atoms with E-state index in [-0.39, 0.29) is 12.1 Å². The van der Waals surface area contributed by atoms with Gasteiger partial charge in [0.1, 0.15) is 5.60 Å². The van der Waals surface area contributed by atoms with Gasteiger partial charge in [0.05, 0.1) is 12.2 Å². The van der Waals surface area contributed by atoms with Crippen LogP contribution < -0.4 is 0 Å². The number of hydrogen-bond acceptors (Lipinski definition) is 3.